The van der Waals surface area contributed by atoms with Crippen molar-refractivity contribution in [2.75, 3.05) is 0 Å². The van der Waals surface area contributed by atoms with Crippen LogP contribution in [0, 0.1) is 0 Å². The lowest BCUT2D eigenvalue weighted by molar-refractivity contribution is 0.669. The fourth-order valence-electron chi connectivity index (χ4n) is 8.54. The Morgan fingerprint density at radius 2 is 0.811 bits per heavy atom. The van der Waals surface area contributed by atoms with Gasteiger partial charge in [-0.15, -0.1) is 0 Å². The SMILES string of the molecule is c1ccc(-c2cc(-c3c4ccccc4c(-c4cccc(-c5ccc6ccccc6c5)c4)c4ccccc34)c3c(c2)oc2cc4ccccc4cc23)cc1. The van der Waals surface area contributed by atoms with E-state index in [-0.39, 0.29) is 0 Å². The highest BCUT2D eigenvalue weighted by molar-refractivity contribution is 6.26. The molecule has 0 aliphatic carbocycles. The summed E-state index contributed by atoms with van der Waals surface area (Å²) < 4.78 is 6.78. The Morgan fingerprint density at radius 3 is 1.53 bits per heavy atom. The summed E-state index contributed by atoms with van der Waals surface area (Å²) in [6, 6.07) is 70.6. The number of hydrogen-bond acceptors (Lipinski definition) is 1. The summed E-state index contributed by atoms with van der Waals surface area (Å²) in [6.45, 7) is 0. The average molecular weight is 673 g/mol. The molecule has 1 nitrogen and oxygen atoms in total. The third kappa shape index (κ3) is 4.79. The molecule has 246 valence electrons. The smallest absolute Gasteiger partial charge is 0.136 e. The van der Waals surface area contributed by atoms with Gasteiger partial charge < -0.3 is 4.42 Å². The number of rotatable bonds is 4. The molecular weight excluding hydrogens is 641 g/mol. The molecule has 0 bridgehead atoms. The zero-order chi connectivity index (χ0) is 34.9. The van der Waals surface area contributed by atoms with Gasteiger partial charge in [0.1, 0.15) is 11.2 Å². The van der Waals surface area contributed by atoms with E-state index in [0.29, 0.717) is 0 Å². The van der Waals surface area contributed by atoms with Crippen LogP contribution in [-0.2, 0) is 0 Å². The zero-order valence-corrected chi connectivity index (χ0v) is 28.9. The lowest BCUT2D eigenvalue weighted by Gasteiger charge is -2.19. The maximum Gasteiger partial charge on any atom is 0.136 e. The molecule has 0 atom stereocenters. The van der Waals surface area contributed by atoms with Crippen LogP contribution in [-0.4, -0.2) is 0 Å². The summed E-state index contributed by atoms with van der Waals surface area (Å²) in [6.07, 6.45) is 0. The van der Waals surface area contributed by atoms with E-state index < -0.39 is 0 Å². The highest BCUT2D eigenvalue weighted by Gasteiger charge is 2.22. The predicted octanol–water partition coefficient (Wildman–Crippen LogP) is 14.9. The largest absolute Gasteiger partial charge is 0.456 e. The van der Waals surface area contributed by atoms with E-state index in [4.69, 9.17) is 4.42 Å². The Morgan fingerprint density at radius 1 is 0.264 bits per heavy atom. The minimum Gasteiger partial charge on any atom is -0.456 e. The molecule has 0 aliphatic heterocycles. The minimum atomic E-state index is 0.895. The van der Waals surface area contributed by atoms with E-state index in [1.54, 1.807) is 0 Å². The molecule has 0 saturated carbocycles. The summed E-state index contributed by atoms with van der Waals surface area (Å²) >= 11 is 0. The molecule has 0 N–H and O–H groups in total. The second-order valence-electron chi connectivity index (χ2n) is 14.0. The molecule has 0 unspecified atom stereocenters. The quantitative estimate of drug-likeness (QED) is 0.170. The van der Waals surface area contributed by atoms with Gasteiger partial charge >= 0.3 is 0 Å². The first kappa shape index (κ1) is 29.7. The summed E-state index contributed by atoms with van der Waals surface area (Å²) in [4.78, 5) is 0. The first-order valence-electron chi connectivity index (χ1n) is 18.2. The lowest BCUT2D eigenvalue weighted by Crippen LogP contribution is -1.92. The molecule has 0 spiro atoms. The Hall–Kier alpha value is -6.96. The Kier molecular flexibility index (Phi) is 6.62. The van der Waals surface area contributed by atoms with Crippen LogP contribution >= 0.6 is 0 Å². The van der Waals surface area contributed by atoms with Crippen molar-refractivity contribution in [3.8, 4) is 44.5 Å². The van der Waals surface area contributed by atoms with Crippen molar-refractivity contribution in [1.29, 1.82) is 0 Å². The summed E-state index contributed by atoms with van der Waals surface area (Å²) in [5, 5.41) is 12.1. The van der Waals surface area contributed by atoms with Crippen molar-refractivity contribution in [1.82, 2.24) is 0 Å². The van der Waals surface area contributed by atoms with Gasteiger partial charge in [0.15, 0.2) is 0 Å². The van der Waals surface area contributed by atoms with Crippen molar-refractivity contribution < 1.29 is 4.42 Å². The van der Waals surface area contributed by atoms with Crippen LogP contribution in [0.15, 0.2) is 199 Å². The minimum absolute atomic E-state index is 0.895. The molecule has 0 saturated heterocycles. The van der Waals surface area contributed by atoms with E-state index in [9.17, 15) is 0 Å². The second-order valence-corrected chi connectivity index (χ2v) is 14.0. The molecule has 0 amide bonds. The van der Waals surface area contributed by atoms with Gasteiger partial charge in [-0.25, -0.2) is 0 Å². The summed E-state index contributed by atoms with van der Waals surface area (Å²) in [7, 11) is 0. The van der Waals surface area contributed by atoms with Gasteiger partial charge in [-0.2, -0.15) is 0 Å². The van der Waals surface area contributed by atoms with Gasteiger partial charge in [0.25, 0.3) is 0 Å². The molecule has 1 heterocycles. The van der Waals surface area contributed by atoms with E-state index in [1.165, 1.54) is 76.5 Å². The standard InChI is InChI=1S/C52H32O/c1-2-13-33(14-3-1)41-30-47(52-46-29-37-17-6-7-18-38(37)31-48(46)53-49(52)32-41)51-44-23-10-8-21-42(44)50(43-22-9-11-24-45(43)51)40-20-12-19-36(28-40)39-26-25-34-15-4-5-16-35(34)27-39/h1-32H. The van der Waals surface area contributed by atoms with Crippen LogP contribution in [0.2, 0.25) is 0 Å². The molecule has 0 aliphatic rings. The molecule has 1 heteroatoms. The Bertz CT molecular complexity index is 3160. The zero-order valence-electron chi connectivity index (χ0n) is 28.9. The highest BCUT2D eigenvalue weighted by atomic mass is 16.3. The summed E-state index contributed by atoms with van der Waals surface area (Å²) in [5.41, 5.74) is 11.4. The van der Waals surface area contributed by atoms with Gasteiger partial charge in [-0.3, -0.25) is 0 Å². The number of fused-ring (bicyclic) bond motifs is 7. The monoisotopic (exact) mass is 672 g/mol. The van der Waals surface area contributed by atoms with Crippen molar-refractivity contribution in [2.45, 2.75) is 0 Å². The van der Waals surface area contributed by atoms with Crippen LogP contribution in [0.5, 0.6) is 0 Å². The summed E-state index contributed by atoms with van der Waals surface area (Å²) in [5.74, 6) is 0. The van der Waals surface area contributed by atoms with Gasteiger partial charge in [0.2, 0.25) is 0 Å². The van der Waals surface area contributed by atoms with E-state index in [1.807, 2.05) is 0 Å². The molecular formula is C52H32O. The van der Waals surface area contributed by atoms with Crippen LogP contribution in [0.4, 0.5) is 0 Å². The third-order valence-electron chi connectivity index (χ3n) is 11.0. The van der Waals surface area contributed by atoms with Gasteiger partial charge in [-0.05, 0) is 124 Å². The van der Waals surface area contributed by atoms with Crippen molar-refractivity contribution in [3.05, 3.63) is 194 Å². The van der Waals surface area contributed by atoms with Gasteiger partial charge in [0.05, 0.1) is 0 Å². The number of benzene rings is 10. The average Bonchev–Trinajstić information content (AvgIpc) is 3.59. The first-order chi connectivity index (χ1) is 26.3. The van der Waals surface area contributed by atoms with Gasteiger partial charge in [-0.1, -0.05) is 158 Å². The maximum atomic E-state index is 6.78. The van der Waals surface area contributed by atoms with Crippen molar-refractivity contribution in [3.63, 3.8) is 0 Å². The predicted molar refractivity (Wildman–Crippen MR) is 225 cm³/mol. The van der Waals surface area contributed by atoms with Crippen molar-refractivity contribution in [2.24, 2.45) is 0 Å². The first-order valence-corrected chi connectivity index (χ1v) is 18.2. The molecule has 0 radical (unpaired) electrons. The fraction of sp³-hybridized carbons (Fsp3) is 0. The van der Waals surface area contributed by atoms with E-state index in [0.717, 1.165) is 33.1 Å². The normalized spacial score (nSPS) is 11.8. The fourth-order valence-corrected chi connectivity index (χ4v) is 8.54. The van der Waals surface area contributed by atoms with Crippen LogP contribution < -0.4 is 0 Å². The topological polar surface area (TPSA) is 13.1 Å². The molecule has 1 aromatic heterocycles. The molecule has 11 aromatic rings. The molecule has 10 aromatic carbocycles. The van der Waals surface area contributed by atoms with Crippen molar-refractivity contribution >= 4 is 65.0 Å². The van der Waals surface area contributed by atoms with Crippen LogP contribution in [0.3, 0.4) is 0 Å². The number of furan rings is 1. The van der Waals surface area contributed by atoms with E-state index >= 15 is 0 Å². The number of hydrogen-bond donors (Lipinski definition) is 0. The molecule has 0 fully saturated rings. The van der Waals surface area contributed by atoms with Crippen LogP contribution in [0.1, 0.15) is 0 Å². The third-order valence-corrected chi connectivity index (χ3v) is 11.0. The second kappa shape index (κ2) is 11.8. The maximum absolute atomic E-state index is 6.78. The van der Waals surface area contributed by atoms with Crippen LogP contribution in [0.25, 0.3) is 110 Å². The Balaban J connectivity index is 1.22. The highest BCUT2D eigenvalue weighted by Crippen LogP contribution is 2.48. The van der Waals surface area contributed by atoms with E-state index in [2.05, 4.69) is 194 Å². The lowest BCUT2D eigenvalue weighted by atomic mass is 9.83. The Labute approximate surface area is 307 Å². The van der Waals surface area contributed by atoms with Gasteiger partial charge in [0, 0.05) is 10.8 Å². The molecule has 53 heavy (non-hydrogen) atoms. The molecule has 11 rings (SSSR count).